The summed E-state index contributed by atoms with van der Waals surface area (Å²) < 4.78 is 5.09. The van der Waals surface area contributed by atoms with Crippen LogP contribution < -0.4 is 9.80 Å². The predicted molar refractivity (Wildman–Crippen MR) is 83.0 cm³/mol. The predicted octanol–water partition coefficient (Wildman–Crippen LogP) is 1.29. The Bertz CT molecular complexity index is 518. The normalized spacial score (nSPS) is 16.7. The van der Waals surface area contributed by atoms with Crippen molar-refractivity contribution >= 4 is 35.1 Å². The fraction of sp³-hybridized carbons (Fsp3) is 0.429. The highest BCUT2D eigenvalue weighted by atomic mass is 32.1. The van der Waals surface area contributed by atoms with E-state index >= 15 is 0 Å². The first-order chi connectivity index (χ1) is 9.99. The molecule has 6 nitrogen and oxygen atoms in total. The van der Waals surface area contributed by atoms with Gasteiger partial charge in [0.15, 0.2) is 0 Å². The quantitative estimate of drug-likeness (QED) is 0.822. The minimum absolute atomic E-state index is 0.0832. The molecule has 114 valence electrons. The van der Waals surface area contributed by atoms with Gasteiger partial charge in [-0.1, -0.05) is 12.6 Å². The van der Waals surface area contributed by atoms with Gasteiger partial charge in [-0.15, -0.1) is 0 Å². The van der Waals surface area contributed by atoms with Crippen LogP contribution in [0.2, 0.25) is 0 Å². The minimum Gasteiger partial charge on any atom is -0.392 e. The van der Waals surface area contributed by atoms with Crippen molar-refractivity contribution in [3.05, 3.63) is 24.3 Å². The van der Waals surface area contributed by atoms with Crippen molar-refractivity contribution < 1.29 is 19.4 Å². The van der Waals surface area contributed by atoms with Gasteiger partial charge in [0, 0.05) is 17.9 Å². The van der Waals surface area contributed by atoms with E-state index in [2.05, 4.69) is 12.6 Å². The number of hydrogen-bond acceptors (Lipinski definition) is 4. The number of nitrogens with zero attached hydrogens (tertiary/aromatic N) is 2. The lowest BCUT2D eigenvalue weighted by Gasteiger charge is -2.28. The largest absolute Gasteiger partial charge is 0.392 e. The van der Waals surface area contributed by atoms with Crippen molar-refractivity contribution in [1.29, 1.82) is 0 Å². The van der Waals surface area contributed by atoms with Gasteiger partial charge in [0.25, 0.3) is 11.1 Å². The topological polar surface area (TPSA) is 70.1 Å². The summed E-state index contributed by atoms with van der Waals surface area (Å²) in [7, 11) is 0. The Morgan fingerprint density at radius 2 is 2.14 bits per heavy atom. The molecule has 1 heterocycles. The second-order valence-corrected chi connectivity index (χ2v) is 5.24. The standard InChI is InChI=1S/C14H18N2O4S/c1-10(17)8-16(14(19)21)12-4-2-11(3-5-12)15-6-7-20-9-13(15)18/h2-5,10,17H,6-9H2,1H3,(H,19,21). The highest BCUT2D eigenvalue weighted by molar-refractivity contribution is 7.96. The zero-order chi connectivity index (χ0) is 15.4. The number of carbonyl (C=O) groups is 2. The Labute approximate surface area is 128 Å². The van der Waals surface area contributed by atoms with Crippen LogP contribution in [-0.2, 0) is 9.53 Å². The first-order valence-electron chi connectivity index (χ1n) is 6.65. The Morgan fingerprint density at radius 1 is 1.48 bits per heavy atom. The summed E-state index contributed by atoms with van der Waals surface area (Å²) in [6.07, 6.45) is -0.651. The summed E-state index contributed by atoms with van der Waals surface area (Å²) in [6.45, 7) is 2.88. The first-order valence-corrected chi connectivity index (χ1v) is 7.10. The summed E-state index contributed by atoms with van der Waals surface area (Å²) >= 11 is 3.82. The molecule has 1 unspecified atom stereocenters. The number of amides is 2. The molecule has 21 heavy (non-hydrogen) atoms. The van der Waals surface area contributed by atoms with Gasteiger partial charge in [-0.25, -0.2) is 0 Å². The molecule has 0 aliphatic carbocycles. The van der Waals surface area contributed by atoms with E-state index in [0.717, 1.165) is 5.69 Å². The molecule has 0 saturated carbocycles. The van der Waals surface area contributed by atoms with Crippen LogP contribution in [-0.4, -0.2) is 48.7 Å². The van der Waals surface area contributed by atoms with Crippen LogP contribution in [0.1, 0.15) is 6.92 Å². The number of thiol groups is 1. The molecule has 0 radical (unpaired) electrons. The molecule has 0 bridgehead atoms. The molecule has 1 fully saturated rings. The molecule has 1 aliphatic rings. The molecule has 1 aliphatic heterocycles. The minimum atomic E-state index is -0.651. The number of hydrogen-bond donors (Lipinski definition) is 2. The molecular formula is C14H18N2O4S. The fourth-order valence-electron chi connectivity index (χ4n) is 2.16. The lowest BCUT2D eigenvalue weighted by Crippen LogP contribution is -2.41. The molecule has 1 N–H and O–H groups in total. The molecule has 7 heteroatoms. The first kappa shape index (κ1) is 15.8. The Hall–Kier alpha value is -1.57. The maximum absolute atomic E-state index is 11.8. The number of aliphatic hydroxyl groups is 1. The Balaban J connectivity index is 2.17. The van der Waals surface area contributed by atoms with Crippen molar-refractivity contribution in [1.82, 2.24) is 0 Å². The van der Waals surface area contributed by atoms with Gasteiger partial charge >= 0.3 is 0 Å². The number of aliphatic hydroxyl groups excluding tert-OH is 1. The van der Waals surface area contributed by atoms with Crippen molar-refractivity contribution in [3.63, 3.8) is 0 Å². The Kier molecular flexibility index (Phi) is 5.22. The average Bonchev–Trinajstić information content (AvgIpc) is 2.45. The van der Waals surface area contributed by atoms with Crippen LogP contribution in [0, 0.1) is 0 Å². The van der Waals surface area contributed by atoms with E-state index in [-0.39, 0.29) is 19.1 Å². The molecule has 1 aromatic carbocycles. The smallest absolute Gasteiger partial charge is 0.283 e. The van der Waals surface area contributed by atoms with E-state index in [1.807, 2.05) is 0 Å². The number of ether oxygens (including phenoxy) is 1. The molecule has 1 atom stereocenters. The summed E-state index contributed by atoms with van der Waals surface area (Å²) in [5.74, 6) is -0.0832. The van der Waals surface area contributed by atoms with Crippen LogP contribution in [0.3, 0.4) is 0 Å². The summed E-state index contributed by atoms with van der Waals surface area (Å²) in [5.41, 5.74) is 1.39. The maximum Gasteiger partial charge on any atom is 0.283 e. The molecule has 1 aromatic rings. The van der Waals surface area contributed by atoms with Crippen LogP contribution in [0.15, 0.2) is 24.3 Å². The van der Waals surface area contributed by atoms with E-state index in [9.17, 15) is 14.7 Å². The average molecular weight is 310 g/mol. The van der Waals surface area contributed by atoms with Crippen LogP contribution >= 0.6 is 12.6 Å². The van der Waals surface area contributed by atoms with Crippen LogP contribution in [0.25, 0.3) is 0 Å². The molecule has 2 rings (SSSR count). The summed E-state index contributed by atoms with van der Waals surface area (Å²) in [6, 6.07) is 7.00. The van der Waals surface area contributed by atoms with E-state index in [1.165, 1.54) is 4.90 Å². The third-order valence-electron chi connectivity index (χ3n) is 3.14. The highest BCUT2D eigenvalue weighted by Gasteiger charge is 2.21. The third kappa shape index (κ3) is 3.96. The molecule has 0 aromatic heterocycles. The van der Waals surface area contributed by atoms with Gasteiger partial charge in [0.2, 0.25) is 0 Å². The van der Waals surface area contributed by atoms with Crippen molar-refractivity contribution in [3.8, 4) is 0 Å². The van der Waals surface area contributed by atoms with E-state index in [1.54, 1.807) is 36.1 Å². The van der Waals surface area contributed by atoms with E-state index in [0.29, 0.717) is 18.8 Å². The van der Waals surface area contributed by atoms with Crippen LogP contribution in [0.5, 0.6) is 0 Å². The second-order valence-electron chi connectivity index (χ2n) is 4.86. The number of carbonyl (C=O) groups excluding carboxylic acids is 2. The van der Waals surface area contributed by atoms with Gasteiger partial charge in [-0.2, -0.15) is 0 Å². The van der Waals surface area contributed by atoms with Crippen molar-refractivity contribution in [2.75, 3.05) is 36.1 Å². The molecule has 1 saturated heterocycles. The highest BCUT2D eigenvalue weighted by Crippen LogP contribution is 2.23. The fourth-order valence-corrected chi connectivity index (χ4v) is 2.36. The molecule has 2 amide bonds. The van der Waals surface area contributed by atoms with Gasteiger partial charge in [-0.3, -0.25) is 9.59 Å². The Morgan fingerprint density at radius 3 is 2.67 bits per heavy atom. The molecular weight excluding hydrogens is 292 g/mol. The van der Waals surface area contributed by atoms with Gasteiger partial charge in [0.05, 0.1) is 19.3 Å². The number of morpholine rings is 1. The lowest BCUT2D eigenvalue weighted by molar-refractivity contribution is -0.125. The zero-order valence-corrected chi connectivity index (χ0v) is 12.6. The van der Waals surface area contributed by atoms with Crippen molar-refractivity contribution in [2.24, 2.45) is 0 Å². The molecule has 0 spiro atoms. The zero-order valence-electron chi connectivity index (χ0n) is 11.7. The number of benzene rings is 1. The number of rotatable bonds is 4. The van der Waals surface area contributed by atoms with E-state index in [4.69, 9.17) is 4.74 Å². The van der Waals surface area contributed by atoms with Gasteiger partial charge in [-0.05, 0) is 31.2 Å². The maximum atomic E-state index is 11.8. The summed E-state index contributed by atoms with van der Waals surface area (Å²) in [5, 5.41) is 8.99. The van der Waals surface area contributed by atoms with E-state index < -0.39 is 11.3 Å². The SMILES string of the molecule is CC(O)CN(C(=O)S)c1ccc(N2CCOCC2=O)cc1. The third-order valence-corrected chi connectivity index (χ3v) is 3.38. The van der Waals surface area contributed by atoms with Gasteiger partial charge in [0.1, 0.15) is 6.61 Å². The second kappa shape index (κ2) is 6.93. The monoisotopic (exact) mass is 310 g/mol. The lowest BCUT2D eigenvalue weighted by atomic mass is 10.2. The van der Waals surface area contributed by atoms with Crippen molar-refractivity contribution in [2.45, 2.75) is 13.0 Å². The van der Waals surface area contributed by atoms with Gasteiger partial charge < -0.3 is 19.6 Å². The number of anilines is 2. The van der Waals surface area contributed by atoms with Crippen LogP contribution in [0.4, 0.5) is 16.2 Å². The summed E-state index contributed by atoms with van der Waals surface area (Å²) in [4.78, 5) is 26.3.